The van der Waals surface area contributed by atoms with Gasteiger partial charge in [-0.05, 0) is 34.6 Å². The molecule has 0 aromatic heterocycles. The summed E-state index contributed by atoms with van der Waals surface area (Å²) in [6, 6.07) is 0. The zero-order valence-corrected chi connectivity index (χ0v) is 29.4. The van der Waals surface area contributed by atoms with Gasteiger partial charge in [0, 0.05) is 29.8 Å². The third-order valence-corrected chi connectivity index (χ3v) is 0. The van der Waals surface area contributed by atoms with Crippen molar-refractivity contribution in [1.29, 1.82) is 0 Å². The standard InChI is InChI=1S/5C2H4O2.2C2H4.5Na/c5*1-2(3)4;2*1-2;;;;;/h5*1H3,(H,3,4);2*1-2H2;;;;;/q;;;;;;;5*+1/p-5. The van der Waals surface area contributed by atoms with Crippen molar-refractivity contribution in [2.75, 3.05) is 0 Å². The molecule has 0 aromatic rings. The summed E-state index contributed by atoms with van der Waals surface area (Å²) in [6.07, 6.45) is 0. The van der Waals surface area contributed by atoms with Crippen molar-refractivity contribution in [3.05, 3.63) is 26.3 Å². The summed E-state index contributed by atoms with van der Waals surface area (Å²) in [5, 5.41) is 44.4. The third kappa shape index (κ3) is 6900. The average Bonchev–Trinajstić information content (AvgIpc) is 2.29. The average molecular weight is 466 g/mol. The first-order chi connectivity index (χ1) is 10.7. The predicted octanol–water partition coefficient (Wildman–Crippen LogP) is -19.6. The SMILES string of the molecule is C=C.C=C.CC(=O)[O-].CC(=O)[O-].CC(=O)[O-].CC(=O)[O-].CC(=O)[O-].[Na+].[Na+].[Na+].[Na+].[Na+]. The fraction of sp³-hybridized carbons (Fsp3) is 0.357. The molecule has 0 heterocycles. The van der Waals surface area contributed by atoms with Gasteiger partial charge >= 0.3 is 148 Å². The van der Waals surface area contributed by atoms with E-state index in [1.165, 1.54) is 0 Å². The van der Waals surface area contributed by atoms with Crippen LogP contribution in [0.2, 0.25) is 0 Å². The van der Waals surface area contributed by atoms with Crippen molar-refractivity contribution in [3.8, 4) is 0 Å². The van der Waals surface area contributed by atoms with Gasteiger partial charge < -0.3 is 49.5 Å². The molecule has 29 heavy (non-hydrogen) atoms. The molecule has 10 nitrogen and oxygen atoms in total. The van der Waals surface area contributed by atoms with Crippen LogP contribution in [0.15, 0.2) is 26.3 Å². The quantitative estimate of drug-likeness (QED) is 0.244. The van der Waals surface area contributed by atoms with Crippen molar-refractivity contribution >= 4 is 29.8 Å². The van der Waals surface area contributed by atoms with Crippen LogP contribution in [-0.2, 0) is 24.0 Å². The van der Waals surface area contributed by atoms with Gasteiger partial charge in [0.1, 0.15) is 0 Å². The van der Waals surface area contributed by atoms with Crippen LogP contribution in [0.5, 0.6) is 0 Å². The molecule has 0 aliphatic rings. The summed E-state index contributed by atoms with van der Waals surface area (Å²) in [6.45, 7) is 16.9. The zero-order chi connectivity index (χ0) is 21.9. The van der Waals surface area contributed by atoms with Crippen LogP contribution in [0.25, 0.3) is 0 Å². The van der Waals surface area contributed by atoms with E-state index in [0.29, 0.717) is 0 Å². The second-order valence-electron chi connectivity index (χ2n) is 2.46. The molecule has 0 amide bonds. The van der Waals surface area contributed by atoms with Gasteiger partial charge in [0.25, 0.3) is 0 Å². The van der Waals surface area contributed by atoms with Gasteiger partial charge in [0.2, 0.25) is 0 Å². The fourth-order valence-corrected chi connectivity index (χ4v) is 0. The molecule has 0 unspecified atom stereocenters. The van der Waals surface area contributed by atoms with Crippen LogP contribution in [0.3, 0.4) is 0 Å². The zero-order valence-electron chi connectivity index (χ0n) is 19.4. The topological polar surface area (TPSA) is 201 Å². The number of hydrogen-bond acceptors (Lipinski definition) is 10. The predicted molar refractivity (Wildman–Crippen MR) is 75.9 cm³/mol. The molecule has 0 fully saturated rings. The van der Waals surface area contributed by atoms with Crippen LogP contribution in [0, 0.1) is 0 Å². The van der Waals surface area contributed by atoms with E-state index in [1.807, 2.05) is 0 Å². The number of rotatable bonds is 0. The molecule has 0 aliphatic heterocycles. The van der Waals surface area contributed by atoms with E-state index >= 15 is 0 Å². The molecule has 0 atom stereocenters. The number of carboxylic acids is 5. The summed E-state index contributed by atoms with van der Waals surface area (Å²) in [7, 11) is 0. The van der Waals surface area contributed by atoms with Crippen LogP contribution in [0.4, 0.5) is 0 Å². The van der Waals surface area contributed by atoms with Crippen molar-refractivity contribution in [1.82, 2.24) is 0 Å². The van der Waals surface area contributed by atoms with Gasteiger partial charge in [0.05, 0.1) is 0 Å². The van der Waals surface area contributed by atoms with Gasteiger partial charge in [-0.25, -0.2) is 0 Å². The Morgan fingerprint density at radius 2 is 0.379 bits per heavy atom. The minimum absolute atomic E-state index is 0. The van der Waals surface area contributed by atoms with Gasteiger partial charge in [-0.3, -0.25) is 0 Å². The molecule has 0 aromatic carbocycles. The van der Waals surface area contributed by atoms with Crippen LogP contribution in [0.1, 0.15) is 34.6 Å². The Hall–Kier alpha value is 1.83. The maximum Gasteiger partial charge on any atom is 1.00 e. The molecule has 15 heteroatoms. The monoisotopic (exact) mass is 466 g/mol. The van der Waals surface area contributed by atoms with Crippen molar-refractivity contribution in [3.63, 3.8) is 0 Å². The Morgan fingerprint density at radius 3 is 0.379 bits per heavy atom. The Kier molecular flexibility index (Phi) is 234. The van der Waals surface area contributed by atoms with E-state index in [4.69, 9.17) is 49.5 Å². The summed E-state index contributed by atoms with van der Waals surface area (Å²) in [5.41, 5.74) is 0. The maximum absolute atomic E-state index is 8.89. The van der Waals surface area contributed by atoms with Gasteiger partial charge in [0.15, 0.2) is 0 Å². The van der Waals surface area contributed by atoms with Crippen molar-refractivity contribution in [2.24, 2.45) is 0 Å². The van der Waals surface area contributed by atoms with E-state index in [-0.39, 0.29) is 148 Å². The molecule has 0 saturated heterocycles. The molecule has 0 radical (unpaired) electrons. The summed E-state index contributed by atoms with van der Waals surface area (Å²) in [5.74, 6) is -5.42. The Morgan fingerprint density at radius 1 is 0.379 bits per heavy atom. The Bertz CT molecular complexity index is 251. The summed E-state index contributed by atoms with van der Waals surface area (Å²) in [4.78, 5) is 44.4. The third-order valence-electron chi connectivity index (χ3n) is 0. The molecule has 0 spiro atoms. The number of hydrogen-bond donors (Lipinski definition) is 0. The Labute approximate surface area is 283 Å². The molecule has 0 bridgehead atoms. The minimum Gasteiger partial charge on any atom is -0.550 e. The second-order valence-corrected chi connectivity index (χ2v) is 2.46. The number of carboxylic acid groups (broad SMARTS) is 5. The molecule has 0 N–H and O–H groups in total. The van der Waals surface area contributed by atoms with Crippen LogP contribution in [-0.4, -0.2) is 29.8 Å². The molecule has 144 valence electrons. The first-order valence-corrected chi connectivity index (χ1v) is 5.54. The largest absolute Gasteiger partial charge is 1.00 e. The molecule has 0 aliphatic carbocycles. The van der Waals surface area contributed by atoms with Crippen LogP contribution >= 0.6 is 0 Å². The summed E-state index contributed by atoms with van der Waals surface area (Å²) >= 11 is 0. The van der Waals surface area contributed by atoms with Gasteiger partial charge in [-0.2, -0.15) is 0 Å². The molecular weight excluding hydrogens is 443 g/mol. The van der Waals surface area contributed by atoms with Gasteiger partial charge in [-0.1, -0.05) is 0 Å². The second kappa shape index (κ2) is 87.5. The normalized spacial score (nSPS) is 4.59. The van der Waals surface area contributed by atoms with E-state index in [0.717, 1.165) is 34.6 Å². The van der Waals surface area contributed by atoms with E-state index < -0.39 is 29.8 Å². The maximum atomic E-state index is 8.89. The first kappa shape index (κ1) is 77.4. The smallest absolute Gasteiger partial charge is 0.550 e. The molecule has 0 saturated carbocycles. The fourth-order valence-electron chi connectivity index (χ4n) is 0. The number of carbonyl (C=O) groups is 5. The van der Waals surface area contributed by atoms with E-state index in [2.05, 4.69) is 26.3 Å². The molecular formula is C14H23Na5O10. The number of carbonyl (C=O) groups excluding carboxylic acids is 5. The van der Waals surface area contributed by atoms with Crippen molar-refractivity contribution in [2.45, 2.75) is 34.6 Å². The summed E-state index contributed by atoms with van der Waals surface area (Å²) < 4.78 is 0. The molecule has 0 rings (SSSR count). The first-order valence-electron chi connectivity index (χ1n) is 5.54. The van der Waals surface area contributed by atoms with Crippen molar-refractivity contribution < 1.29 is 197 Å². The Balaban J connectivity index is -0.0000000115. The van der Waals surface area contributed by atoms with Crippen LogP contribution < -0.4 is 173 Å². The van der Waals surface area contributed by atoms with Gasteiger partial charge in [-0.15, -0.1) is 26.3 Å². The number of aliphatic carboxylic acids is 5. The van der Waals surface area contributed by atoms with E-state index in [1.54, 1.807) is 0 Å². The van der Waals surface area contributed by atoms with E-state index in [9.17, 15) is 0 Å². The minimum atomic E-state index is -1.08.